The summed E-state index contributed by atoms with van der Waals surface area (Å²) in [6, 6.07) is 0.669. The SMILES string of the molecule is CN1CCCC1COC(I)I. The van der Waals surface area contributed by atoms with E-state index in [2.05, 4.69) is 57.1 Å². The van der Waals surface area contributed by atoms with Crippen molar-refractivity contribution in [3.63, 3.8) is 0 Å². The van der Waals surface area contributed by atoms with Crippen LogP contribution in [0.5, 0.6) is 0 Å². The highest BCUT2D eigenvalue weighted by atomic mass is 127. The van der Waals surface area contributed by atoms with Crippen molar-refractivity contribution in [1.29, 1.82) is 0 Å². The maximum Gasteiger partial charge on any atom is 0.159 e. The zero-order valence-electron chi connectivity index (χ0n) is 6.59. The lowest BCUT2D eigenvalue weighted by atomic mass is 10.2. The van der Waals surface area contributed by atoms with Crippen LogP contribution < -0.4 is 0 Å². The molecule has 1 aliphatic rings. The van der Waals surface area contributed by atoms with Crippen molar-refractivity contribution in [2.75, 3.05) is 20.2 Å². The fourth-order valence-corrected chi connectivity index (χ4v) is 1.79. The van der Waals surface area contributed by atoms with Crippen LogP contribution in [0, 0.1) is 0 Å². The van der Waals surface area contributed by atoms with Gasteiger partial charge < -0.3 is 9.64 Å². The van der Waals surface area contributed by atoms with Crippen molar-refractivity contribution in [3.8, 4) is 0 Å². The van der Waals surface area contributed by atoms with Crippen LogP contribution in [0.15, 0.2) is 0 Å². The summed E-state index contributed by atoms with van der Waals surface area (Å²) in [4.78, 5) is 2.38. The minimum absolute atomic E-state index is 0.319. The Kier molecular flexibility index (Phi) is 4.93. The average Bonchev–Trinajstić information content (AvgIpc) is 2.31. The normalized spacial score (nSPS) is 26.7. The Morgan fingerprint density at radius 3 is 2.82 bits per heavy atom. The lowest BCUT2D eigenvalue weighted by molar-refractivity contribution is 0.117. The van der Waals surface area contributed by atoms with Crippen LogP contribution in [0.3, 0.4) is 0 Å². The average molecular weight is 381 g/mol. The van der Waals surface area contributed by atoms with E-state index in [1.807, 2.05) is 0 Å². The van der Waals surface area contributed by atoms with Gasteiger partial charge in [-0.3, -0.25) is 0 Å². The third-order valence-corrected chi connectivity index (χ3v) is 2.81. The van der Waals surface area contributed by atoms with Gasteiger partial charge in [0.15, 0.2) is 2.12 Å². The zero-order valence-corrected chi connectivity index (χ0v) is 10.9. The van der Waals surface area contributed by atoms with Crippen molar-refractivity contribution in [3.05, 3.63) is 0 Å². The summed E-state index contributed by atoms with van der Waals surface area (Å²) in [5.74, 6) is 0. The Hall–Kier alpha value is 1.38. The van der Waals surface area contributed by atoms with E-state index >= 15 is 0 Å². The second-order valence-corrected chi connectivity index (χ2v) is 7.52. The Balaban J connectivity index is 2.15. The molecule has 0 aromatic carbocycles. The fourth-order valence-electron chi connectivity index (χ4n) is 1.37. The molecule has 0 aliphatic carbocycles. The molecule has 0 radical (unpaired) electrons. The lowest BCUT2D eigenvalue weighted by Gasteiger charge is -2.19. The highest BCUT2D eigenvalue weighted by Crippen LogP contribution is 2.18. The largest absolute Gasteiger partial charge is 0.356 e. The van der Waals surface area contributed by atoms with Gasteiger partial charge in [0, 0.05) is 6.04 Å². The molecule has 0 aromatic heterocycles. The van der Waals surface area contributed by atoms with Crippen molar-refractivity contribution in [2.45, 2.75) is 21.0 Å². The van der Waals surface area contributed by atoms with E-state index in [4.69, 9.17) is 4.74 Å². The molecule has 66 valence electrons. The number of rotatable bonds is 3. The Bertz CT molecular complexity index is 121. The number of halogens is 2. The summed E-state index contributed by atoms with van der Waals surface area (Å²) in [5.41, 5.74) is 0. The van der Waals surface area contributed by atoms with Crippen molar-refractivity contribution < 1.29 is 4.74 Å². The smallest absolute Gasteiger partial charge is 0.159 e. The lowest BCUT2D eigenvalue weighted by Crippen LogP contribution is -2.29. The molecule has 11 heavy (non-hydrogen) atoms. The number of likely N-dealkylation sites (tertiary alicyclic amines) is 1. The molecule has 0 amide bonds. The number of hydrogen-bond acceptors (Lipinski definition) is 2. The summed E-state index contributed by atoms with van der Waals surface area (Å²) in [5, 5.41) is 0. The second-order valence-electron chi connectivity index (χ2n) is 2.87. The third-order valence-electron chi connectivity index (χ3n) is 2.09. The number of nitrogens with zero attached hydrogens (tertiary/aromatic N) is 1. The molecule has 0 N–H and O–H groups in total. The summed E-state index contributed by atoms with van der Waals surface area (Å²) < 4.78 is 5.85. The van der Waals surface area contributed by atoms with Gasteiger partial charge >= 0.3 is 0 Å². The molecule has 1 fully saturated rings. The molecule has 4 heteroatoms. The van der Waals surface area contributed by atoms with Crippen LogP contribution in [-0.2, 0) is 4.74 Å². The van der Waals surface area contributed by atoms with E-state index in [1.54, 1.807) is 0 Å². The first-order chi connectivity index (χ1) is 5.20. The van der Waals surface area contributed by atoms with Gasteiger partial charge in [-0.25, -0.2) is 0 Å². The molecule has 1 unspecified atom stereocenters. The first-order valence-electron chi connectivity index (χ1n) is 3.80. The van der Waals surface area contributed by atoms with Crippen LogP contribution in [0.2, 0.25) is 0 Å². The van der Waals surface area contributed by atoms with E-state index in [0.717, 1.165) is 6.61 Å². The minimum atomic E-state index is 0.319. The van der Waals surface area contributed by atoms with Gasteiger partial charge in [0.05, 0.1) is 6.61 Å². The summed E-state index contributed by atoms with van der Waals surface area (Å²) in [6.07, 6.45) is 2.63. The Morgan fingerprint density at radius 2 is 2.36 bits per heavy atom. The number of alkyl halides is 2. The quantitative estimate of drug-likeness (QED) is 0.550. The highest BCUT2D eigenvalue weighted by molar-refractivity contribution is 14.2. The van der Waals surface area contributed by atoms with Gasteiger partial charge in [0.25, 0.3) is 0 Å². The summed E-state index contributed by atoms with van der Waals surface area (Å²) in [6.45, 7) is 2.13. The van der Waals surface area contributed by atoms with Gasteiger partial charge in [0.1, 0.15) is 0 Å². The number of hydrogen-bond donors (Lipinski definition) is 0. The van der Waals surface area contributed by atoms with Crippen molar-refractivity contribution in [2.24, 2.45) is 0 Å². The van der Waals surface area contributed by atoms with Crippen molar-refractivity contribution >= 4 is 45.2 Å². The predicted molar refractivity (Wildman–Crippen MR) is 63.4 cm³/mol. The van der Waals surface area contributed by atoms with Crippen LogP contribution in [-0.4, -0.2) is 33.3 Å². The number of ether oxygens (including phenoxy) is 1. The maximum atomic E-state index is 5.53. The van der Waals surface area contributed by atoms with Gasteiger partial charge in [-0.1, -0.05) is 0 Å². The van der Waals surface area contributed by atoms with Gasteiger partial charge in [0.2, 0.25) is 0 Å². The van der Waals surface area contributed by atoms with Gasteiger partial charge in [-0.15, -0.1) is 0 Å². The molecule has 0 bridgehead atoms. The van der Waals surface area contributed by atoms with Crippen molar-refractivity contribution in [1.82, 2.24) is 4.90 Å². The van der Waals surface area contributed by atoms with Gasteiger partial charge in [-0.05, 0) is 71.6 Å². The monoisotopic (exact) mass is 381 g/mol. The molecule has 2 nitrogen and oxygen atoms in total. The van der Waals surface area contributed by atoms with E-state index in [-0.39, 0.29) is 0 Å². The van der Waals surface area contributed by atoms with Crippen LogP contribution in [0.4, 0.5) is 0 Å². The van der Waals surface area contributed by atoms with E-state index < -0.39 is 0 Å². The second kappa shape index (κ2) is 5.18. The fraction of sp³-hybridized carbons (Fsp3) is 1.00. The molecular weight excluding hydrogens is 368 g/mol. The maximum absolute atomic E-state index is 5.53. The molecule has 1 rings (SSSR count). The van der Waals surface area contributed by atoms with E-state index in [1.165, 1.54) is 19.4 Å². The Labute approximate surface area is 95.3 Å². The third kappa shape index (κ3) is 3.73. The molecule has 1 saturated heterocycles. The molecular formula is C7H13I2NO. The van der Waals surface area contributed by atoms with Crippen LogP contribution >= 0.6 is 45.2 Å². The molecule has 0 aromatic rings. The first kappa shape index (κ1) is 10.5. The van der Waals surface area contributed by atoms with Crippen LogP contribution in [0.1, 0.15) is 12.8 Å². The molecule has 0 spiro atoms. The van der Waals surface area contributed by atoms with Gasteiger partial charge in [-0.2, -0.15) is 0 Å². The highest BCUT2D eigenvalue weighted by Gasteiger charge is 2.21. The molecule has 1 aliphatic heterocycles. The van der Waals surface area contributed by atoms with E-state index in [0.29, 0.717) is 8.16 Å². The number of likely N-dealkylation sites (N-methyl/N-ethyl adjacent to an activating group) is 1. The topological polar surface area (TPSA) is 12.5 Å². The summed E-state index contributed by atoms with van der Waals surface area (Å²) >= 11 is 4.56. The minimum Gasteiger partial charge on any atom is -0.356 e. The Morgan fingerprint density at radius 1 is 1.64 bits per heavy atom. The first-order valence-corrected chi connectivity index (χ1v) is 6.29. The summed E-state index contributed by atoms with van der Waals surface area (Å²) in [7, 11) is 2.18. The molecule has 1 heterocycles. The van der Waals surface area contributed by atoms with Crippen LogP contribution in [0.25, 0.3) is 0 Å². The molecule has 0 saturated carbocycles. The molecule has 1 atom stereocenters. The standard InChI is InChI=1S/C7H13I2NO/c1-10-4-2-3-6(10)5-11-7(8)9/h6-7H,2-5H2,1H3. The zero-order chi connectivity index (χ0) is 8.27. The predicted octanol–water partition coefficient (Wildman–Crippen LogP) is 2.25. The van der Waals surface area contributed by atoms with E-state index in [9.17, 15) is 0 Å².